The number of carbonyl (C=O) groups excluding carboxylic acids is 1. The minimum atomic E-state index is -0.379. The Balaban J connectivity index is 1.54. The van der Waals surface area contributed by atoms with E-state index in [2.05, 4.69) is 40.7 Å². The predicted molar refractivity (Wildman–Crippen MR) is 125 cm³/mol. The molecule has 1 N–H and O–H groups in total. The lowest BCUT2D eigenvalue weighted by Crippen LogP contribution is -2.36. The Morgan fingerprint density at radius 1 is 1.17 bits per heavy atom. The second-order valence-corrected chi connectivity index (χ2v) is 8.77. The van der Waals surface area contributed by atoms with Crippen LogP contribution >= 0.6 is 11.8 Å². The van der Waals surface area contributed by atoms with Gasteiger partial charge in [0, 0.05) is 31.9 Å². The Kier molecular flexibility index (Phi) is 5.94. The van der Waals surface area contributed by atoms with Crippen molar-refractivity contribution in [3.05, 3.63) is 35.4 Å². The lowest BCUT2D eigenvalue weighted by Gasteiger charge is -2.30. The van der Waals surface area contributed by atoms with E-state index in [-0.39, 0.29) is 17.3 Å². The average Bonchev–Trinajstić information content (AvgIpc) is 3.17. The zero-order valence-electron chi connectivity index (χ0n) is 17.8. The number of benzene rings is 1. The maximum atomic E-state index is 12.6. The van der Waals surface area contributed by atoms with Crippen molar-refractivity contribution in [1.29, 1.82) is 5.41 Å². The molecule has 0 bridgehead atoms. The van der Waals surface area contributed by atoms with Gasteiger partial charge in [-0.2, -0.15) is 10.0 Å². The highest BCUT2D eigenvalue weighted by molar-refractivity contribution is 8.26. The summed E-state index contributed by atoms with van der Waals surface area (Å²) < 4.78 is 0. The summed E-state index contributed by atoms with van der Waals surface area (Å²) in [6.07, 6.45) is 4.01. The van der Waals surface area contributed by atoms with Crippen LogP contribution in [0.3, 0.4) is 0 Å². The molecule has 3 heterocycles. The predicted octanol–water partition coefficient (Wildman–Crippen LogP) is 3.84. The van der Waals surface area contributed by atoms with Gasteiger partial charge in [-0.15, -0.1) is 5.10 Å². The van der Waals surface area contributed by atoms with Crippen molar-refractivity contribution in [3.8, 4) is 0 Å². The lowest BCUT2D eigenvalue weighted by atomic mass is 10.00. The number of hydrazone groups is 1. The second kappa shape index (κ2) is 8.63. The summed E-state index contributed by atoms with van der Waals surface area (Å²) in [5.41, 5.74) is 2.29. The van der Waals surface area contributed by atoms with E-state index in [1.54, 1.807) is 6.08 Å². The van der Waals surface area contributed by atoms with E-state index in [0.717, 1.165) is 61.4 Å². The maximum Gasteiger partial charge on any atom is 0.283 e. The number of piperidine rings is 1. The molecule has 1 fully saturated rings. The summed E-state index contributed by atoms with van der Waals surface area (Å²) in [6.45, 7) is 10.3. The molecule has 158 valence electrons. The van der Waals surface area contributed by atoms with Crippen LogP contribution in [0.2, 0.25) is 0 Å². The summed E-state index contributed by atoms with van der Waals surface area (Å²) >= 11 is 1.39. The number of fused-ring (bicyclic) bond motifs is 1. The molecule has 4 rings (SSSR count). The third kappa shape index (κ3) is 4.01. The summed E-state index contributed by atoms with van der Waals surface area (Å²) in [5.74, 6) is 0.441. The Morgan fingerprint density at radius 3 is 2.47 bits per heavy atom. The number of amidine groups is 3. The molecule has 0 saturated carbocycles. The van der Waals surface area contributed by atoms with Crippen molar-refractivity contribution in [2.24, 2.45) is 16.0 Å². The SMILES string of the molecule is CCN(CC)c1ccc(/C=C2\C(=N)N3N=C(N4CCC(C)CC4)SC3=NC2=O)cc1. The number of likely N-dealkylation sites (tertiary alicyclic amines) is 1. The number of amides is 1. The van der Waals surface area contributed by atoms with E-state index in [9.17, 15) is 4.79 Å². The molecule has 1 aromatic carbocycles. The van der Waals surface area contributed by atoms with Gasteiger partial charge in [0.15, 0.2) is 11.0 Å². The molecule has 0 spiro atoms. The number of nitrogens with zero attached hydrogens (tertiary/aromatic N) is 5. The topological polar surface area (TPSA) is 75.4 Å². The van der Waals surface area contributed by atoms with Crippen molar-refractivity contribution in [2.75, 3.05) is 31.1 Å². The third-order valence-electron chi connectivity index (χ3n) is 5.83. The molecule has 1 aromatic rings. The fraction of sp³-hybridized carbons (Fsp3) is 0.455. The number of hydrogen-bond acceptors (Lipinski definition) is 6. The summed E-state index contributed by atoms with van der Waals surface area (Å²) in [7, 11) is 0. The smallest absolute Gasteiger partial charge is 0.283 e. The van der Waals surface area contributed by atoms with Crippen LogP contribution in [0.15, 0.2) is 39.9 Å². The number of aliphatic imine (C=N–C) groups is 1. The highest BCUT2D eigenvalue weighted by Crippen LogP contribution is 2.31. The van der Waals surface area contributed by atoms with Crippen LogP contribution in [0.1, 0.15) is 39.2 Å². The molecule has 8 heteroatoms. The van der Waals surface area contributed by atoms with Gasteiger partial charge in [-0.05, 0) is 68.1 Å². The monoisotopic (exact) mass is 424 g/mol. The fourth-order valence-electron chi connectivity index (χ4n) is 3.85. The fourth-order valence-corrected chi connectivity index (χ4v) is 4.79. The van der Waals surface area contributed by atoms with E-state index in [4.69, 9.17) is 5.41 Å². The van der Waals surface area contributed by atoms with E-state index in [1.165, 1.54) is 16.8 Å². The van der Waals surface area contributed by atoms with Crippen molar-refractivity contribution < 1.29 is 4.79 Å². The standard InChI is InChI=1S/C22H28N6OS/c1-4-26(5-2)17-8-6-16(7-9-17)14-18-19(23)28-21(24-20(18)29)30-22(25-28)27-12-10-15(3)11-13-27/h6-9,14-15,23H,4-5,10-13H2,1-3H3/b18-14+,23-19?. The Hall–Kier alpha value is -2.61. The molecule has 0 aromatic heterocycles. The van der Waals surface area contributed by atoms with Gasteiger partial charge in [-0.1, -0.05) is 19.1 Å². The quantitative estimate of drug-likeness (QED) is 0.743. The van der Waals surface area contributed by atoms with E-state index >= 15 is 0 Å². The third-order valence-corrected chi connectivity index (χ3v) is 6.80. The van der Waals surface area contributed by atoms with Gasteiger partial charge < -0.3 is 9.80 Å². The van der Waals surface area contributed by atoms with Crippen LogP contribution in [0.5, 0.6) is 0 Å². The van der Waals surface area contributed by atoms with Crippen molar-refractivity contribution in [1.82, 2.24) is 9.91 Å². The highest BCUT2D eigenvalue weighted by Gasteiger charge is 2.37. The lowest BCUT2D eigenvalue weighted by molar-refractivity contribution is -0.114. The molecule has 3 aliphatic rings. The number of hydrogen-bond donors (Lipinski definition) is 1. The van der Waals surface area contributed by atoms with Crippen molar-refractivity contribution in [2.45, 2.75) is 33.6 Å². The van der Waals surface area contributed by atoms with E-state index in [1.807, 2.05) is 24.3 Å². The van der Waals surface area contributed by atoms with Gasteiger partial charge in [-0.25, -0.2) is 0 Å². The van der Waals surface area contributed by atoms with Crippen molar-refractivity contribution >= 4 is 45.6 Å². The van der Waals surface area contributed by atoms with Gasteiger partial charge in [0.25, 0.3) is 5.91 Å². The summed E-state index contributed by atoms with van der Waals surface area (Å²) in [4.78, 5) is 21.3. The maximum absolute atomic E-state index is 12.6. The minimum Gasteiger partial charge on any atom is -0.372 e. The van der Waals surface area contributed by atoms with Gasteiger partial charge in [0.05, 0.1) is 5.57 Å². The summed E-state index contributed by atoms with van der Waals surface area (Å²) in [6, 6.07) is 8.04. The molecule has 0 aliphatic carbocycles. The molecular formula is C22H28N6OS. The van der Waals surface area contributed by atoms with E-state index in [0.29, 0.717) is 5.17 Å². The van der Waals surface area contributed by atoms with Gasteiger partial charge in [0.1, 0.15) is 0 Å². The van der Waals surface area contributed by atoms with Crippen LogP contribution in [-0.4, -0.2) is 58.2 Å². The summed E-state index contributed by atoms with van der Waals surface area (Å²) in [5, 5.41) is 16.0. The van der Waals surface area contributed by atoms with Crippen LogP contribution in [0.25, 0.3) is 6.08 Å². The van der Waals surface area contributed by atoms with Crippen molar-refractivity contribution in [3.63, 3.8) is 0 Å². The molecular weight excluding hydrogens is 396 g/mol. The molecule has 0 unspecified atom stereocenters. The second-order valence-electron chi connectivity index (χ2n) is 7.84. The number of thioether (sulfide) groups is 1. The molecule has 30 heavy (non-hydrogen) atoms. The highest BCUT2D eigenvalue weighted by atomic mass is 32.2. The molecule has 0 atom stereocenters. The Labute approximate surface area is 182 Å². The van der Waals surface area contributed by atoms with Crippen LogP contribution in [0, 0.1) is 11.3 Å². The Bertz CT molecular complexity index is 923. The normalized spacial score (nSPS) is 21.1. The number of rotatable bonds is 4. The van der Waals surface area contributed by atoms with Gasteiger partial charge in [-0.3, -0.25) is 10.2 Å². The van der Waals surface area contributed by atoms with Crippen LogP contribution < -0.4 is 4.90 Å². The first-order valence-electron chi connectivity index (χ1n) is 10.6. The first-order chi connectivity index (χ1) is 14.5. The first kappa shape index (κ1) is 20.7. The number of nitrogens with one attached hydrogen (secondary N) is 1. The Morgan fingerprint density at radius 2 is 1.83 bits per heavy atom. The minimum absolute atomic E-state index is 0.0886. The first-order valence-corrected chi connectivity index (χ1v) is 11.4. The zero-order valence-corrected chi connectivity index (χ0v) is 18.6. The molecule has 1 amide bonds. The molecule has 0 radical (unpaired) electrons. The van der Waals surface area contributed by atoms with Gasteiger partial charge >= 0.3 is 0 Å². The van der Waals surface area contributed by atoms with Crippen LogP contribution in [0.4, 0.5) is 5.69 Å². The largest absolute Gasteiger partial charge is 0.372 e. The number of anilines is 1. The van der Waals surface area contributed by atoms with Gasteiger partial charge in [0.2, 0.25) is 5.17 Å². The molecule has 3 aliphatic heterocycles. The number of carbonyl (C=O) groups is 1. The molecule has 7 nitrogen and oxygen atoms in total. The van der Waals surface area contributed by atoms with E-state index < -0.39 is 0 Å². The van der Waals surface area contributed by atoms with Crippen LogP contribution in [-0.2, 0) is 4.79 Å². The average molecular weight is 425 g/mol. The zero-order chi connectivity index (χ0) is 21.3. The molecule has 1 saturated heterocycles.